The highest BCUT2D eigenvalue weighted by molar-refractivity contribution is 6.03. The predicted molar refractivity (Wildman–Crippen MR) is 139 cm³/mol. The minimum absolute atomic E-state index is 0.0910. The SMILES string of the molecule is O=C(O)NCCN[C@](Cc1c[nH]cn1)(C(=O)CC(=O)NCC1(c2ccccc2)CCC1)c1ccccc1. The van der Waals surface area contributed by atoms with E-state index < -0.39 is 11.6 Å². The molecule has 37 heavy (non-hydrogen) atoms. The number of benzene rings is 2. The van der Waals surface area contributed by atoms with E-state index in [0.717, 1.165) is 19.3 Å². The van der Waals surface area contributed by atoms with Gasteiger partial charge in [-0.1, -0.05) is 67.1 Å². The van der Waals surface area contributed by atoms with Gasteiger partial charge in [0.15, 0.2) is 5.78 Å². The van der Waals surface area contributed by atoms with Gasteiger partial charge < -0.3 is 20.7 Å². The Labute approximate surface area is 216 Å². The van der Waals surface area contributed by atoms with Crippen LogP contribution in [0.3, 0.4) is 0 Å². The normalized spacial score (nSPS) is 15.7. The fourth-order valence-corrected chi connectivity index (χ4v) is 5.04. The lowest BCUT2D eigenvalue weighted by molar-refractivity contribution is -0.132. The van der Waals surface area contributed by atoms with Crippen molar-refractivity contribution in [3.05, 3.63) is 90.0 Å². The van der Waals surface area contributed by atoms with Gasteiger partial charge in [0, 0.05) is 37.7 Å². The molecule has 0 bridgehead atoms. The molecule has 1 fully saturated rings. The Kier molecular flexibility index (Phi) is 8.35. The number of ketones is 1. The molecular weight excluding hydrogens is 470 g/mol. The van der Waals surface area contributed by atoms with Crippen molar-refractivity contribution in [2.45, 2.75) is 43.1 Å². The fourth-order valence-electron chi connectivity index (χ4n) is 5.04. The molecule has 2 aromatic carbocycles. The van der Waals surface area contributed by atoms with Crippen molar-refractivity contribution in [3.8, 4) is 0 Å². The lowest BCUT2D eigenvalue weighted by Gasteiger charge is -2.42. The second-order valence-corrected chi connectivity index (χ2v) is 9.54. The zero-order valence-corrected chi connectivity index (χ0v) is 20.7. The lowest BCUT2D eigenvalue weighted by Crippen LogP contribution is -2.54. The molecule has 1 heterocycles. The molecule has 3 aromatic rings. The smallest absolute Gasteiger partial charge is 0.404 e. The van der Waals surface area contributed by atoms with Gasteiger partial charge >= 0.3 is 6.09 Å². The van der Waals surface area contributed by atoms with E-state index in [0.29, 0.717) is 17.8 Å². The van der Waals surface area contributed by atoms with E-state index in [1.165, 1.54) is 11.9 Å². The van der Waals surface area contributed by atoms with Gasteiger partial charge in [-0.25, -0.2) is 9.78 Å². The maximum atomic E-state index is 13.9. The molecule has 0 saturated heterocycles. The summed E-state index contributed by atoms with van der Waals surface area (Å²) in [5.74, 6) is -0.642. The van der Waals surface area contributed by atoms with Crippen molar-refractivity contribution in [3.63, 3.8) is 0 Å². The van der Waals surface area contributed by atoms with E-state index in [1.54, 1.807) is 6.20 Å². The average Bonchev–Trinajstić information content (AvgIpc) is 3.39. The number of carbonyl (C=O) groups is 3. The number of nitrogens with one attached hydrogen (secondary N) is 4. The Morgan fingerprint density at radius 3 is 2.27 bits per heavy atom. The largest absolute Gasteiger partial charge is 0.465 e. The van der Waals surface area contributed by atoms with E-state index in [1.807, 2.05) is 48.5 Å². The van der Waals surface area contributed by atoms with Crippen molar-refractivity contribution in [2.24, 2.45) is 0 Å². The number of carbonyl (C=O) groups excluding carboxylic acids is 2. The highest BCUT2D eigenvalue weighted by atomic mass is 16.4. The molecule has 1 aliphatic rings. The van der Waals surface area contributed by atoms with Crippen molar-refractivity contribution in [1.29, 1.82) is 0 Å². The quantitative estimate of drug-likeness (QED) is 0.180. The summed E-state index contributed by atoms with van der Waals surface area (Å²) in [5, 5.41) is 17.5. The number of carboxylic acid groups (broad SMARTS) is 1. The van der Waals surface area contributed by atoms with Crippen LogP contribution in [0.5, 0.6) is 0 Å². The van der Waals surface area contributed by atoms with Crippen LogP contribution >= 0.6 is 0 Å². The molecule has 1 aliphatic carbocycles. The number of amides is 2. The summed E-state index contributed by atoms with van der Waals surface area (Å²) in [6, 6.07) is 19.4. The monoisotopic (exact) mass is 503 g/mol. The van der Waals surface area contributed by atoms with Gasteiger partial charge in [-0.2, -0.15) is 0 Å². The van der Waals surface area contributed by atoms with Crippen LogP contribution in [0, 0.1) is 0 Å². The van der Waals surface area contributed by atoms with E-state index >= 15 is 0 Å². The third-order valence-electron chi connectivity index (χ3n) is 7.21. The van der Waals surface area contributed by atoms with Gasteiger partial charge in [0.05, 0.1) is 18.4 Å². The maximum Gasteiger partial charge on any atom is 0.404 e. The first kappa shape index (κ1) is 26.1. The molecule has 5 N–H and O–H groups in total. The van der Waals surface area contributed by atoms with Crippen LogP contribution < -0.4 is 16.0 Å². The molecule has 0 spiro atoms. The predicted octanol–water partition coefficient (Wildman–Crippen LogP) is 2.90. The van der Waals surface area contributed by atoms with Gasteiger partial charge in [-0.15, -0.1) is 0 Å². The van der Waals surface area contributed by atoms with Gasteiger partial charge in [0.25, 0.3) is 0 Å². The van der Waals surface area contributed by atoms with Gasteiger partial charge in [0.1, 0.15) is 5.54 Å². The summed E-state index contributed by atoms with van der Waals surface area (Å²) in [7, 11) is 0. The Balaban J connectivity index is 1.52. The molecule has 9 heteroatoms. The summed E-state index contributed by atoms with van der Waals surface area (Å²) in [4.78, 5) is 45.2. The molecule has 0 aliphatic heterocycles. The van der Waals surface area contributed by atoms with E-state index in [-0.39, 0.29) is 43.0 Å². The molecule has 0 radical (unpaired) electrons. The number of nitrogens with zero attached hydrogens (tertiary/aromatic N) is 1. The molecule has 1 saturated carbocycles. The van der Waals surface area contributed by atoms with E-state index in [9.17, 15) is 14.4 Å². The first-order valence-corrected chi connectivity index (χ1v) is 12.5. The summed E-state index contributed by atoms with van der Waals surface area (Å²) >= 11 is 0. The van der Waals surface area contributed by atoms with Crippen LogP contribution in [0.2, 0.25) is 0 Å². The first-order valence-electron chi connectivity index (χ1n) is 12.5. The fraction of sp³-hybridized carbons (Fsp3) is 0.357. The third-order valence-corrected chi connectivity index (χ3v) is 7.21. The highest BCUT2D eigenvalue weighted by Gasteiger charge is 2.42. The summed E-state index contributed by atoms with van der Waals surface area (Å²) in [6.45, 7) is 0.774. The number of aromatic amines is 1. The molecular formula is C28H33N5O4. The summed E-state index contributed by atoms with van der Waals surface area (Å²) < 4.78 is 0. The maximum absolute atomic E-state index is 13.9. The Morgan fingerprint density at radius 1 is 0.973 bits per heavy atom. The lowest BCUT2D eigenvalue weighted by atomic mass is 9.64. The molecule has 194 valence electrons. The Morgan fingerprint density at radius 2 is 1.68 bits per heavy atom. The van der Waals surface area contributed by atoms with Crippen LogP contribution in [-0.2, 0) is 27.0 Å². The topological polar surface area (TPSA) is 136 Å². The van der Waals surface area contributed by atoms with Crippen molar-refractivity contribution >= 4 is 17.8 Å². The number of Topliss-reactive ketones (excluding diaryl/α,β-unsaturated/α-hetero) is 1. The number of hydrogen-bond acceptors (Lipinski definition) is 5. The summed E-state index contributed by atoms with van der Waals surface area (Å²) in [5.41, 5.74) is 1.19. The van der Waals surface area contributed by atoms with Gasteiger partial charge in [0.2, 0.25) is 5.91 Å². The number of H-pyrrole nitrogens is 1. The van der Waals surface area contributed by atoms with Crippen molar-refractivity contribution in [2.75, 3.05) is 19.6 Å². The first-order chi connectivity index (χ1) is 17.9. The molecule has 9 nitrogen and oxygen atoms in total. The van der Waals surface area contributed by atoms with Crippen LogP contribution in [0.15, 0.2) is 73.2 Å². The van der Waals surface area contributed by atoms with Crippen LogP contribution in [0.25, 0.3) is 0 Å². The van der Waals surface area contributed by atoms with Crippen LogP contribution in [0.4, 0.5) is 4.79 Å². The zero-order valence-electron chi connectivity index (χ0n) is 20.7. The molecule has 1 aromatic heterocycles. The van der Waals surface area contributed by atoms with Gasteiger partial charge in [-0.3, -0.25) is 14.9 Å². The van der Waals surface area contributed by atoms with E-state index in [2.05, 4.69) is 38.1 Å². The van der Waals surface area contributed by atoms with Crippen molar-refractivity contribution < 1.29 is 19.5 Å². The molecule has 4 rings (SSSR count). The number of aromatic nitrogens is 2. The van der Waals surface area contributed by atoms with Crippen molar-refractivity contribution in [1.82, 2.24) is 25.9 Å². The Bertz CT molecular complexity index is 1180. The van der Waals surface area contributed by atoms with Crippen LogP contribution in [-0.4, -0.2) is 52.5 Å². The zero-order chi connectivity index (χ0) is 26.1. The molecule has 0 unspecified atom stereocenters. The molecule has 1 atom stereocenters. The average molecular weight is 504 g/mol. The second kappa shape index (κ2) is 11.8. The van der Waals surface area contributed by atoms with E-state index in [4.69, 9.17) is 5.11 Å². The minimum Gasteiger partial charge on any atom is -0.465 e. The standard InChI is InChI=1S/C28H33N5O4/c34-24(16-25(35)31-19-27(12-7-13-27)21-8-3-1-4-9-21)28(17-23-18-29-20-32-23,22-10-5-2-6-11-22)33-15-14-30-26(36)37/h1-6,8-11,18,20,30,33H,7,12-17,19H2,(H,29,32)(H,31,35)(H,36,37)/t28-/m0/s1. The third kappa shape index (κ3) is 6.24. The second-order valence-electron chi connectivity index (χ2n) is 9.54. The minimum atomic E-state index is -1.26. The number of rotatable bonds is 13. The van der Waals surface area contributed by atoms with Gasteiger partial charge in [-0.05, 0) is 24.0 Å². The highest BCUT2D eigenvalue weighted by Crippen LogP contribution is 2.43. The van der Waals surface area contributed by atoms with Crippen LogP contribution in [0.1, 0.15) is 42.5 Å². The Hall–Kier alpha value is -3.98. The number of imidazole rings is 1. The molecule has 2 amide bonds. The summed E-state index contributed by atoms with van der Waals surface area (Å²) in [6.07, 6.45) is 5.09. The number of hydrogen-bond donors (Lipinski definition) is 5.